The van der Waals surface area contributed by atoms with Crippen molar-refractivity contribution in [2.45, 2.75) is 0 Å². The number of nitrogens with two attached hydrogens (primary N) is 1. The number of hydrogen-bond acceptors (Lipinski definition) is 5. The zero-order valence-electron chi connectivity index (χ0n) is 11.2. The second kappa shape index (κ2) is 5.52. The fourth-order valence-electron chi connectivity index (χ4n) is 1.92. The first-order chi connectivity index (χ1) is 9.58. The fraction of sp³-hybridized carbons (Fsp3) is 0.133. The molecular weight excluding hydrogens is 258 g/mol. The molecule has 2 rings (SSSR count). The molecule has 0 atom stereocenters. The quantitative estimate of drug-likeness (QED) is 0.659. The predicted octanol–water partition coefficient (Wildman–Crippen LogP) is 2.22. The Morgan fingerprint density at radius 3 is 2.45 bits per heavy atom. The molecule has 0 saturated carbocycles. The molecule has 0 aliphatic rings. The van der Waals surface area contributed by atoms with Gasteiger partial charge >= 0.3 is 0 Å². The summed E-state index contributed by atoms with van der Waals surface area (Å²) in [5.74, 6) is 0.0154. The molecule has 0 fully saturated rings. The van der Waals surface area contributed by atoms with E-state index in [0.29, 0.717) is 17.0 Å². The molecular formula is C15H15NO4. The van der Waals surface area contributed by atoms with Gasteiger partial charge in [-0.25, -0.2) is 0 Å². The molecule has 3 N–H and O–H groups in total. The minimum Gasteiger partial charge on any atom is -0.507 e. The lowest BCUT2D eigenvalue weighted by Gasteiger charge is -2.12. The van der Waals surface area contributed by atoms with Crippen LogP contribution in [0.15, 0.2) is 36.4 Å². The Hall–Kier alpha value is -2.69. The van der Waals surface area contributed by atoms with E-state index in [1.54, 1.807) is 24.3 Å². The molecule has 0 aromatic heterocycles. The average Bonchev–Trinajstić information content (AvgIpc) is 2.46. The highest BCUT2D eigenvalue weighted by molar-refractivity contribution is 6.15. The molecule has 0 amide bonds. The van der Waals surface area contributed by atoms with Crippen LogP contribution in [0.25, 0.3) is 0 Å². The maximum Gasteiger partial charge on any atom is 0.202 e. The van der Waals surface area contributed by atoms with E-state index in [-0.39, 0.29) is 17.1 Å². The third-order valence-electron chi connectivity index (χ3n) is 2.94. The van der Waals surface area contributed by atoms with E-state index in [2.05, 4.69) is 0 Å². The number of ether oxygens (including phenoxy) is 2. The summed E-state index contributed by atoms with van der Waals surface area (Å²) in [5, 5.41) is 10.0. The summed E-state index contributed by atoms with van der Waals surface area (Å²) in [4.78, 5) is 12.5. The number of phenolic OH excluding ortho intramolecular Hbond substituents is 1. The summed E-state index contributed by atoms with van der Waals surface area (Å²) >= 11 is 0. The maximum absolute atomic E-state index is 12.5. The van der Waals surface area contributed by atoms with Crippen LogP contribution < -0.4 is 15.2 Å². The van der Waals surface area contributed by atoms with Gasteiger partial charge in [0.2, 0.25) is 5.78 Å². The van der Waals surface area contributed by atoms with Crippen LogP contribution in [0.2, 0.25) is 0 Å². The number of benzene rings is 2. The fourth-order valence-corrected chi connectivity index (χ4v) is 1.92. The van der Waals surface area contributed by atoms with Gasteiger partial charge in [0.25, 0.3) is 0 Å². The minimum atomic E-state index is -0.403. The molecule has 2 aromatic rings. The van der Waals surface area contributed by atoms with E-state index < -0.39 is 5.78 Å². The Morgan fingerprint density at radius 2 is 1.85 bits per heavy atom. The SMILES string of the molecule is COc1cc(O)c(C(=O)c2ccccc2N)c(OC)c1. The first-order valence-corrected chi connectivity index (χ1v) is 5.92. The third-order valence-corrected chi connectivity index (χ3v) is 2.94. The van der Waals surface area contributed by atoms with Gasteiger partial charge in [-0.05, 0) is 12.1 Å². The number of nitrogen functional groups attached to an aromatic ring is 1. The molecule has 0 saturated heterocycles. The van der Waals surface area contributed by atoms with Crippen molar-refractivity contribution in [2.24, 2.45) is 0 Å². The molecule has 5 heteroatoms. The van der Waals surface area contributed by atoms with Crippen LogP contribution in [0.3, 0.4) is 0 Å². The van der Waals surface area contributed by atoms with Gasteiger partial charge in [0.05, 0.1) is 14.2 Å². The summed E-state index contributed by atoms with van der Waals surface area (Å²) in [6.07, 6.45) is 0. The lowest BCUT2D eigenvalue weighted by Crippen LogP contribution is -2.07. The molecule has 104 valence electrons. The van der Waals surface area contributed by atoms with E-state index in [1.807, 2.05) is 0 Å². The number of carbonyl (C=O) groups excluding carboxylic acids is 1. The summed E-state index contributed by atoms with van der Waals surface area (Å²) in [7, 11) is 2.88. The van der Waals surface area contributed by atoms with Crippen molar-refractivity contribution in [3.63, 3.8) is 0 Å². The minimum absolute atomic E-state index is 0.0613. The Kier molecular flexibility index (Phi) is 3.79. The number of para-hydroxylation sites is 1. The van der Waals surface area contributed by atoms with Crippen LogP contribution in [0, 0.1) is 0 Å². The molecule has 0 unspecified atom stereocenters. The zero-order chi connectivity index (χ0) is 14.7. The molecule has 2 aromatic carbocycles. The lowest BCUT2D eigenvalue weighted by molar-refractivity contribution is 0.103. The summed E-state index contributed by atoms with van der Waals surface area (Å²) in [5.41, 5.74) is 6.50. The van der Waals surface area contributed by atoms with E-state index in [9.17, 15) is 9.90 Å². The largest absolute Gasteiger partial charge is 0.507 e. The third kappa shape index (κ3) is 2.38. The number of phenols is 1. The zero-order valence-corrected chi connectivity index (χ0v) is 11.2. The Labute approximate surface area is 116 Å². The van der Waals surface area contributed by atoms with Crippen molar-refractivity contribution in [3.05, 3.63) is 47.5 Å². The van der Waals surface area contributed by atoms with Crippen molar-refractivity contribution in [2.75, 3.05) is 20.0 Å². The number of rotatable bonds is 4. The van der Waals surface area contributed by atoms with Crippen LogP contribution in [-0.2, 0) is 0 Å². The van der Waals surface area contributed by atoms with Gasteiger partial charge in [0.1, 0.15) is 22.8 Å². The van der Waals surface area contributed by atoms with Crippen molar-refractivity contribution in [1.82, 2.24) is 0 Å². The van der Waals surface area contributed by atoms with Crippen LogP contribution in [0.5, 0.6) is 17.2 Å². The van der Waals surface area contributed by atoms with Gasteiger partial charge in [0, 0.05) is 23.4 Å². The van der Waals surface area contributed by atoms with Gasteiger partial charge in [-0.3, -0.25) is 4.79 Å². The summed E-state index contributed by atoms with van der Waals surface area (Å²) < 4.78 is 10.2. The number of anilines is 1. The van der Waals surface area contributed by atoms with E-state index in [0.717, 1.165) is 0 Å². The maximum atomic E-state index is 12.5. The second-order valence-electron chi connectivity index (χ2n) is 4.14. The molecule has 20 heavy (non-hydrogen) atoms. The van der Waals surface area contributed by atoms with Crippen LogP contribution in [0.4, 0.5) is 5.69 Å². The van der Waals surface area contributed by atoms with Gasteiger partial charge in [-0.15, -0.1) is 0 Å². The van der Waals surface area contributed by atoms with Gasteiger partial charge < -0.3 is 20.3 Å². The standard InChI is InChI=1S/C15H15NO4/c1-19-9-7-12(17)14(13(8-9)20-2)15(18)10-5-3-4-6-11(10)16/h3-8,17H,16H2,1-2H3. The number of aromatic hydroxyl groups is 1. The number of carbonyl (C=O) groups is 1. The van der Waals surface area contributed by atoms with Gasteiger partial charge in [0.15, 0.2) is 0 Å². The summed E-state index contributed by atoms with van der Waals surface area (Å²) in [6, 6.07) is 9.55. The highest BCUT2D eigenvalue weighted by Gasteiger charge is 2.22. The molecule has 0 radical (unpaired) electrons. The second-order valence-corrected chi connectivity index (χ2v) is 4.14. The normalized spacial score (nSPS) is 10.1. The topological polar surface area (TPSA) is 81.8 Å². The number of methoxy groups -OCH3 is 2. The predicted molar refractivity (Wildman–Crippen MR) is 75.5 cm³/mol. The highest BCUT2D eigenvalue weighted by atomic mass is 16.5. The number of ketones is 1. The van der Waals surface area contributed by atoms with Crippen molar-refractivity contribution >= 4 is 11.5 Å². The van der Waals surface area contributed by atoms with E-state index in [4.69, 9.17) is 15.2 Å². The lowest BCUT2D eigenvalue weighted by atomic mass is 10.00. The monoisotopic (exact) mass is 273 g/mol. The Balaban J connectivity index is 2.58. The molecule has 0 aliphatic carbocycles. The van der Waals surface area contributed by atoms with Crippen LogP contribution >= 0.6 is 0 Å². The first-order valence-electron chi connectivity index (χ1n) is 5.92. The van der Waals surface area contributed by atoms with Crippen molar-refractivity contribution < 1.29 is 19.4 Å². The van der Waals surface area contributed by atoms with E-state index in [1.165, 1.54) is 26.4 Å². The summed E-state index contributed by atoms with van der Waals surface area (Å²) in [6.45, 7) is 0. The van der Waals surface area contributed by atoms with Crippen molar-refractivity contribution in [1.29, 1.82) is 0 Å². The Bertz CT molecular complexity index is 652. The number of hydrogen-bond donors (Lipinski definition) is 2. The van der Waals surface area contributed by atoms with Gasteiger partial charge in [-0.1, -0.05) is 12.1 Å². The van der Waals surface area contributed by atoms with Gasteiger partial charge in [-0.2, -0.15) is 0 Å². The Morgan fingerprint density at radius 1 is 1.15 bits per heavy atom. The van der Waals surface area contributed by atoms with E-state index >= 15 is 0 Å². The van der Waals surface area contributed by atoms with Crippen LogP contribution in [0.1, 0.15) is 15.9 Å². The van der Waals surface area contributed by atoms with Crippen molar-refractivity contribution in [3.8, 4) is 17.2 Å². The molecule has 0 spiro atoms. The molecule has 0 bridgehead atoms. The van der Waals surface area contributed by atoms with Crippen LogP contribution in [-0.4, -0.2) is 25.1 Å². The first kappa shape index (κ1) is 13.7. The highest BCUT2D eigenvalue weighted by Crippen LogP contribution is 2.35. The molecule has 5 nitrogen and oxygen atoms in total. The smallest absolute Gasteiger partial charge is 0.202 e. The molecule has 0 aliphatic heterocycles. The molecule has 0 heterocycles. The average molecular weight is 273 g/mol.